The van der Waals surface area contributed by atoms with Crippen LogP contribution in [-0.4, -0.2) is 54.1 Å². The van der Waals surface area contributed by atoms with Gasteiger partial charge in [0.05, 0.1) is 0 Å². The minimum atomic E-state index is -0.329. The van der Waals surface area contributed by atoms with Crippen molar-refractivity contribution in [1.29, 1.82) is 0 Å². The van der Waals surface area contributed by atoms with Crippen molar-refractivity contribution in [1.82, 2.24) is 10.2 Å². The minimum Gasteiger partial charge on any atom is -0.396 e. The number of aliphatic hydroxyl groups excluding tert-OH is 1. The van der Waals surface area contributed by atoms with Gasteiger partial charge in [0, 0.05) is 18.7 Å². The quantitative estimate of drug-likeness (QED) is 0.448. The number of hydrogen-bond acceptors (Lipinski definition) is 5. The Hall–Kier alpha value is -1.92. The van der Waals surface area contributed by atoms with Crippen LogP contribution >= 0.6 is 0 Å². The number of likely N-dealkylation sites (tertiary alicyclic amines) is 1. The highest BCUT2D eigenvalue weighted by atomic mass is 16.3. The fourth-order valence-electron chi connectivity index (χ4n) is 4.17. The van der Waals surface area contributed by atoms with Gasteiger partial charge in [-0.1, -0.05) is 25.0 Å². The molecule has 6 nitrogen and oxygen atoms in total. The summed E-state index contributed by atoms with van der Waals surface area (Å²) in [5, 5.41) is 14.5. The fourth-order valence-corrected chi connectivity index (χ4v) is 4.17. The van der Waals surface area contributed by atoms with Gasteiger partial charge in [-0.25, -0.2) is 0 Å². The molecule has 2 saturated heterocycles. The summed E-state index contributed by atoms with van der Waals surface area (Å²) < 4.78 is 0. The monoisotopic (exact) mass is 387 g/mol. The normalized spacial score (nSPS) is 21.5. The van der Waals surface area contributed by atoms with Crippen LogP contribution in [0, 0.1) is 0 Å². The summed E-state index contributed by atoms with van der Waals surface area (Å²) in [5.41, 5.74) is 2.30. The first-order chi connectivity index (χ1) is 13.7. The van der Waals surface area contributed by atoms with E-state index in [9.17, 15) is 9.59 Å². The lowest BCUT2D eigenvalue weighted by Crippen LogP contribution is -2.47. The van der Waals surface area contributed by atoms with Crippen molar-refractivity contribution in [2.24, 2.45) is 0 Å². The Morgan fingerprint density at radius 2 is 1.71 bits per heavy atom. The third kappa shape index (κ3) is 6.04. The maximum atomic E-state index is 11.9. The van der Waals surface area contributed by atoms with E-state index in [-0.39, 0.29) is 17.9 Å². The zero-order valence-electron chi connectivity index (χ0n) is 16.7. The van der Waals surface area contributed by atoms with Gasteiger partial charge in [0.25, 0.3) is 0 Å². The largest absolute Gasteiger partial charge is 0.396 e. The number of carbonyl (C=O) groups excluding carboxylic acids is 2. The van der Waals surface area contributed by atoms with Crippen LogP contribution in [0.2, 0.25) is 0 Å². The van der Waals surface area contributed by atoms with Crippen molar-refractivity contribution in [3.63, 3.8) is 0 Å². The lowest BCUT2D eigenvalue weighted by atomic mass is 9.89. The van der Waals surface area contributed by atoms with Gasteiger partial charge < -0.3 is 15.3 Å². The number of nitrogens with one attached hydrogen (secondary N) is 2. The van der Waals surface area contributed by atoms with Gasteiger partial charge in [-0.3, -0.25) is 14.9 Å². The van der Waals surface area contributed by atoms with Gasteiger partial charge >= 0.3 is 0 Å². The number of imide groups is 1. The van der Waals surface area contributed by atoms with Gasteiger partial charge in [-0.15, -0.1) is 0 Å². The van der Waals surface area contributed by atoms with Crippen molar-refractivity contribution in [2.45, 2.75) is 63.3 Å². The van der Waals surface area contributed by atoms with Crippen LogP contribution in [0.1, 0.15) is 62.8 Å². The molecule has 0 bridgehead atoms. The van der Waals surface area contributed by atoms with E-state index in [4.69, 9.17) is 5.11 Å². The molecule has 2 aliphatic rings. The van der Waals surface area contributed by atoms with Gasteiger partial charge in [-0.05, 0) is 75.4 Å². The molecule has 0 radical (unpaired) electrons. The molecule has 1 unspecified atom stereocenters. The molecule has 1 atom stereocenters. The van der Waals surface area contributed by atoms with E-state index in [1.165, 1.54) is 37.8 Å². The Labute approximate surface area is 167 Å². The first-order valence-corrected chi connectivity index (χ1v) is 10.7. The zero-order valence-corrected chi connectivity index (χ0v) is 16.7. The molecule has 2 fully saturated rings. The Bertz CT molecular complexity index is 639. The summed E-state index contributed by atoms with van der Waals surface area (Å²) in [6.45, 7) is 3.79. The molecule has 6 heteroatoms. The van der Waals surface area contributed by atoms with Gasteiger partial charge in [0.2, 0.25) is 11.8 Å². The van der Waals surface area contributed by atoms with E-state index < -0.39 is 0 Å². The topological polar surface area (TPSA) is 81.7 Å². The first-order valence-electron chi connectivity index (χ1n) is 10.7. The third-order valence-electron chi connectivity index (χ3n) is 5.93. The molecule has 0 aromatic heterocycles. The number of aliphatic hydroxyl groups is 1. The van der Waals surface area contributed by atoms with Crippen molar-refractivity contribution in [3.05, 3.63) is 29.8 Å². The number of hydrogen-bond donors (Lipinski definition) is 3. The van der Waals surface area contributed by atoms with Crippen molar-refractivity contribution >= 4 is 17.5 Å². The van der Waals surface area contributed by atoms with Gasteiger partial charge in [0.15, 0.2) is 0 Å². The molecule has 0 aliphatic carbocycles. The molecule has 0 saturated carbocycles. The maximum absolute atomic E-state index is 11.9. The van der Waals surface area contributed by atoms with Crippen LogP contribution in [0.3, 0.4) is 0 Å². The highest BCUT2D eigenvalue weighted by Crippen LogP contribution is 2.29. The fraction of sp³-hybridized carbons (Fsp3) is 0.636. The average Bonchev–Trinajstić information content (AvgIpc) is 2.71. The lowest BCUT2D eigenvalue weighted by molar-refractivity contribution is -0.133. The summed E-state index contributed by atoms with van der Waals surface area (Å²) >= 11 is 0. The number of anilines is 1. The molecule has 1 aromatic carbocycles. The van der Waals surface area contributed by atoms with Crippen LogP contribution < -0.4 is 10.6 Å². The molecule has 3 rings (SSSR count). The molecular weight excluding hydrogens is 354 g/mol. The number of carbonyl (C=O) groups is 2. The van der Waals surface area contributed by atoms with E-state index in [0.29, 0.717) is 25.4 Å². The smallest absolute Gasteiger partial charge is 0.249 e. The maximum Gasteiger partial charge on any atom is 0.249 e. The van der Waals surface area contributed by atoms with Gasteiger partial charge in [0.1, 0.15) is 6.04 Å². The van der Waals surface area contributed by atoms with E-state index in [1.807, 2.05) is 12.1 Å². The molecule has 1 aromatic rings. The third-order valence-corrected chi connectivity index (χ3v) is 5.93. The van der Waals surface area contributed by atoms with Crippen molar-refractivity contribution in [3.8, 4) is 0 Å². The number of benzene rings is 1. The second-order valence-corrected chi connectivity index (χ2v) is 8.02. The molecule has 2 amide bonds. The second-order valence-electron chi connectivity index (χ2n) is 8.02. The van der Waals surface area contributed by atoms with Crippen LogP contribution in [0.15, 0.2) is 24.3 Å². The number of rotatable bonds is 9. The molecule has 0 spiro atoms. The Balaban J connectivity index is 1.41. The number of unbranched alkanes of at least 4 members (excludes halogenated alkanes) is 3. The lowest BCUT2D eigenvalue weighted by Gasteiger charge is -2.32. The standard InChI is InChI=1S/C22H33N3O3/c26-16-4-2-1-3-13-25-14-11-18(12-15-25)17-5-7-19(8-6-17)23-20-9-10-21(27)24-22(20)28/h5-8,18,20,23,26H,1-4,9-16H2,(H,24,27,28). The van der Waals surface area contributed by atoms with Crippen LogP contribution in [0.4, 0.5) is 5.69 Å². The summed E-state index contributed by atoms with van der Waals surface area (Å²) in [6, 6.07) is 8.11. The highest BCUT2D eigenvalue weighted by Gasteiger charge is 2.26. The predicted molar refractivity (Wildman–Crippen MR) is 110 cm³/mol. The Morgan fingerprint density at radius 3 is 2.39 bits per heavy atom. The summed E-state index contributed by atoms with van der Waals surface area (Å²) in [5.74, 6) is 0.189. The predicted octanol–water partition coefficient (Wildman–Crippen LogP) is 2.64. The highest BCUT2D eigenvalue weighted by molar-refractivity contribution is 6.01. The van der Waals surface area contributed by atoms with E-state index in [0.717, 1.165) is 31.6 Å². The van der Waals surface area contributed by atoms with Crippen LogP contribution in [0.5, 0.6) is 0 Å². The Morgan fingerprint density at radius 1 is 1.00 bits per heavy atom. The molecule has 28 heavy (non-hydrogen) atoms. The van der Waals surface area contributed by atoms with Crippen molar-refractivity contribution in [2.75, 3.05) is 31.6 Å². The second kappa shape index (κ2) is 10.6. The summed E-state index contributed by atoms with van der Waals surface area (Å²) in [6.07, 6.45) is 7.82. The average molecular weight is 388 g/mol. The van der Waals surface area contributed by atoms with Crippen LogP contribution in [-0.2, 0) is 9.59 Å². The SMILES string of the molecule is O=C1CCC(Nc2ccc(C3CCN(CCCCCCO)CC3)cc2)C(=O)N1. The Kier molecular flexibility index (Phi) is 7.86. The van der Waals surface area contributed by atoms with Crippen molar-refractivity contribution < 1.29 is 14.7 Å². The van der Waals surface area contributed by atoms with Crippen LogP contribution in [0.25, 0.3) is 0 Å². The summed E-state index contributed by atoms with van der Waals surface area (Å²) in [4.78, 5) is 25.7. The first kappa shape index (κ1) is 20.8. The van der Waals surface area contributed by atoms with E-state index in [2.05, 4.69) is 27.7 Å². The minimum absolute atomic E-state index is 0.185. The molecule has 2 heterocycles. The molecule has 2 aliphatic heterocycles. The zero-order chi connectivity index (χ0) is 19.8. The van der Waals surface area contributed by atoms with E-state index in [1.54, 1.807) is 0 Å². The number of piperidine rings is 2. The molecular formula is C22H33N3O3. The molecule has 3 N–H and O–H groups in total. The molecule has 154 valence electrons. The van der Waals surface area contributed by atoms with Gasteiger partial charge in [-0.2, -0.15) is 0 Å². The summed E-state index contributed by atoms with van der Waals surface area (Å²) in [7, 11) is 0. The number of nitrogens with zero attached hydrogens (tertiary/aromatic N) is 1. The number of amides is 2. The van der Waals surface area contributed by atoms with E-state index >= 15 is 0 Å².